The van der Waals surface area contributed by atoms with Gasteiger partial charge < -0.3 is 15.5 Å². The quantitative estimate of drug-likeness (QED) is 0.783. The lowest BCUT2D eigenvalue weighted by molar-refractivity contribution is -0.116. The van der Waals surface area contributed by atoms with Crippen LogP contribution in [-0.2, 0) is 4.79 Å². The average molecular weight is 360 g/mol. The third-order valence-corrected chi connectivity index (χ3v) is 4.52. The monoisotopic (exact) mass is 359 g/mol. The molecule has 1 aliphatic rings. The van der Waals surface area contributed by atoms with Gasteiger partial charge in [0.15, 0.2) is 0 Å². The van der Waals surface area contributed by atoms with Gasteiger partial charge in [-0.25, -0.2) is 0 Å². The SMILES string of the molecule is CCNCC1CCN(CCC(=O)Nc2ccccc2Cl)CC1.Cl. The molecule has 0 aliphatic carbocycles. The van der Waals surface area contributed by atoms with Gasteiger partial charge in [0.2, 0.25) is 5.91 Å². The largest absolute Gasteiger partial charge is 0.325 e. The molecule has 1 heterocycles. The zero-order chi connectivity index (χ0) is 15.8. The zero-order valence-corrected chi connectivity index (χ0v) is 15.3. The summed E-state index contributed by atoms with van der Waals surface area (Å²) >= 11 is 6.04. The number of hydrogen-bond acceptors (Lipinski definition) is 3. The number of carbonyl (C=O) groups is 1. The summed E-state index contributed by atoms with van der Waals surface area (Å²) in [6, 6.07) is 7.34. The number of amides is 1. The molecule has 0 aromatic heterocycles. The Kier molecular flexibility index (Phi) is 9.56. The molecule has 4 nitrogen and oxygen atoms in total. The number of anilines is 1. The summed E-state index contributed by atoms with van der Waals surface area (Å²) < 4.78 is 0. The smallest absolute Gasteiger partial charge is 0.225 e. The predicted octanol–water partition coefficient (Wildman–Crippen LogP) is 3.41. The Morgan fingerprint density at radius 1 is 1.30 bits per heavy atom. The maximum absolute atomic E-state index is 12.0. The van der Waals surface area contributed by atoms with E-state index in [0.717, 1.165) is 38.6 Å². The van der Waals surface area contributed by atoms with Gasteiger partial charge in [0.1, 0.15) is 0 Å². The van der Waals surface area contributed by atoms with Crippen molar-refractivity contribution in [3.05, 3.63) is 29.3 Å². The topological polar surface area (TPSA) is 44.4 Å². The minimum Gasteiger partial charge on any atom is -0.325 e. The highest BCUT2D eigenvalue weighted by atomic mass is 35.5. The summed E-state index contributed by atoms with van der Waals surface area (Å²) in [5.41, 5.74) is 0.693. The summed E-state index contributed by atoms with van der Waals surface area (Å²) in [5.74, 6) is 0.816. The van der Waals surface area contributed by atoms with Crippen LogP contribution >= 0.6 is 24.0 Å². The zero-order valence-electron chi connectivity index (χ0n) is 13.7. The molecule has 6 heteroatoms. The van der Waals surface area contributed by atoms with Crippen molar-refractivity contribution in [2.45, 2.75) is 26.2 Å². The Hall–Kier alpha value is -0.810. The van der Waals surface area contributed by atoms with E-state index in [-0.39, 0.29) is 18.3 Å². The highest BCUT2D eigenvalue weighted by Gasteiger charge is 2.19. The van der Waals surface area contributed by atoms with Gasteiger partial charge in [0.25, 0.3) is 0 Å². The third-order valence-electron chi connectivity index (χ3n) is 4.19. The maximum atomic E-state index is 12.0. The lowest BCUT2D eigenvalue weighted by Crippen LogP contribution is -2.38. The lowest BCUT2D eigenvalue weighted by Gasteiger charge is -2.31. The van der Waals surface area contributed by atoms with Gasteiger partial charge in [0.05, 0.1) is 10.7 Å². The standard InChI is InChI=1S/C17H26ClN3O.ClH/c1-2-19-13-14-7-10-21(11-8-14)12-9-17(22)20-16-6-4-3-5-15(16)18;/h3-6,14,19H,2,7-13H2,1H3,(H,20,22);1H. The molecule has 0 unspecified atom stereocenters. The number of para-hydroxylation sites is 1. The fraction of sp³-hybridized carbons (Fsp3) is 0.588. The molecule has 1 saturated heterocycles. The number of carbonyl (C=O) groups excluding carboxylic acids is 1. The van der Waals surface area contributed by atoms with E-state index in [2.05, 4.69) is 22.5 Å². The van der Waals surface area contributed by atoms with E-state index in [0.29, 0.717) is 17.1 Å². The van der Waals surface area contributed by atoms with Crippen LogP contribution < -0.4 is 10.6 Å². The fourth-order valence-electron chi connectivity index (χ4n) is 2.80. The second-order valence-electron chi connectivity index (χ2n) is 5.87. The van der Waals surface area contributed by atoms with E-state index in [1.165, 1.54) is 12.8 Å². The molecule has 2 rings (SSSR count). The van der Waals surface area contributed by atoms with E-state index < -0.39 is 0 Å². The Labute approximate surface area is 150 Å². The molecule has 1 aromatic carbocycles. The molecule has 0 atom stereocenters. The van der Waals surface area contributed by atoms with E-state index in [9.17, 15) is 4.79 Å². The predicted molar refractivity (Wildman–Crippen MR) is 99.7 cm³/mol. The number of halogens is 2. The van der Waals surface area contributed by atoms with Crippen molar-refractivity contribution >= 4 is 35.6 Å². The number of nitrogens with zero attached hydrogens (tertiary/aromatic N) is 1. The van der Waals surface area contributed by atoms with Gasteiger partial charge in [-0.3, -0.25) is 4.79 Å². The number of likely N-dealkylation sites (tertiary alicyclic amines) is 1. The van der Waals surface area contributed by atoms with Crippen LogP contribution in [-0.4, -0.2) is 43.5 Å². The molecule has 1 aromatic rings. The highest BCUT2D eigenvalue weighted by Crippen LogP contribution is 2.21. The molecule has 0 spiro atoms. The van der Waals surface area contributed by atoms with Gasteiger partial charge in [-0.2, -0.15) is 0 Å². The van der Waals surface area contributed by atoms with Gasteiger partial charge in [-0.1, -0.05) is 30.7 Å². The second-order valence-corrected chi connectivity index (χ2v) is 6.28. The second kappa shape index (κ2) is 10.9. The molecule has 0 radical (unpaired) electrons. The van der Waals surface area contributed by atoms with Gasteiger partial charge in [-0.05, 0) is 57.1 Å². The van der Waals surface area contributed by atoms with Crippen LogP contribution in [0.25, 0.3) is 0 Å². The third kappa shape index (κ3) is 7.08. The van der Waals surface area contributed by atoms with E-state index >= 15 is 0 Å². The first-order valence-corrected chi connectivity index (χ1v) is 8.54. The van der Waals surface area contributed by atoms with Crippen LogP contribution in [0.3, 0.4) is 0 Å². The van der Waals surface area contributed by atoms with Crippen LogP contribution in [0.4, 0.5) is 5.69 Å². The molecule has 1 aliphatic heterocycles. The van der Waals surface area contributed by atoms with Crippen molar-refractivity contribution in [3.8, 4) is 0 Å². The van der Waals surface area contributed by atoms with Crippen molar-refractivity contribution in [1.29, 1.82) is 0 Å². The summed E-state index contributed by atoms with van der Waals surface area (Å²) in [6.45, 7) is 7.32. The molecule has 130 valence electrons. The first-order valence-electron chi connectivity index (χ1n) is 8.16. The highest BCUT2D eigenvalue weighted by molar-refractivity contribution is 6.33. The average Bonchev–Trinajstić information content (AvgIpc) is 2.54. The number of hydrogen-bond donors (Lipinski definition) is 2. The number of piperidine rings is 1. The van der Waals surface area contributed by atoms with Crippen LogP contribution in [0.1, 0.15) is 26.2 Å². The molecule has 0 saturated carbocycles. The Morgan fingerprint density at radius 2 is 2.00 bits per heavy atom. The molecule has 0 bridgehead atoms. The van der Waals surface area contributed by atoms with Crippen molar-refractivity contribution in [2.24, 2.45) is 5.92 Å². The van der Waals surface area contributed by atoms with Crippen LogP contribution in [0.5, 0.6) is 0 Å². The van der Waals surface area contributed by atoms with Crippen molar-refractivity contribution in [1.82, 2.24) is 10.2 Å². The molecule has 23 heavy (non-hydrogen) atoms. The van der Waals surface area contributed by atoms with Crippen molar-refractivity contribution in [2.75, 3.05) is 38.0 Å². The Balaban J connectivity index is 0.00000264. The van der Waals surface area contributed by atoms with Crippen LogP contribution in [0.2, 0.25) is 5.02 Å². The minimum atomic E-state index is 0. The maximum Gasteiger partial charge on any atom is 0.225 e. The first-order chi connectivity index (χ1) is 10.7. The fourth-order valence-corrected chi connectivity index (χ4v) is 2.98. The van der Waals surface area contributed by atoms with Gasteiger partial charge >= 0.3 is 0 Å². The summed E-state index contributed by atoms with van der Waals surface area (Å²) in [7, 11) is 0. The van der Waals surface area contributed by atoms with Gasteiger partial charge in [-0.15, -0.1) is 12.4 Å². The van der Waals surface area contributed by atoms with Gasteiger partial charge in [0, 0.05) is 13.0 Å². The number of nitrogens with one attached hydrogen (secondary N) is 2. The van der Waals surface area contributed by atoms with Crippen LogP contribution in [0, 0.1) is 5.92 Å². The molecule has 1 fully saturated rings. The Bertz CT molecular complexity index is 477. The van der Waals surface area contributed by atoms with Crippen molar-refractivity contribution in [3.63, 3.8) is 0 Å². The minimum absolute atomic E-state index is 0. The summed E-state index contributed by atoms with van der Waals surface area (Å²) in [4.78, 5) is 14.4. The van der Waals surface area contributed by atoms with E-state index in [4.69, 9.17) is 11.6 Å². The number of benzene rings is 1. The van der Waals surface area contributed by atoms with Crippen molar-refractivity contribution < 1.29 is 4.79 Å². The number of rotatable bonds is 7. The molecule has 2 N–H and O–H groups in total. The van der Waals surface area contributed by atoms with Crippen LogP contribution in [0.15, 0.2) is 24.3 Å². The molecule has 1 amide bonds. The van der Waals surface area contributed by atoms with E-state index in [1.807, 2.05) is 18.2 Å². The summed E-state index contributed by atoms with van der Waals surface area (Å²) in [5, 5.41) is 6.88. The lowest BCUT2D eigenvalue weighted by atomic mass is 9.96. The molecular weight excluding hydrogens is 333 g/mol. The normalized spacial score (nSPS) is 15.9. The Morgan fingerprint density at radius 3 is 2.65 bits per heavy atom. The molecular formula is C17H27Cl2N3O. The first kappa shape index (κ1) is 20.2. The van der Waals surface area contributed by atoms with E-state index in [1.54, 1.807) is 6.07 Å². The summed E-state index contributed by atoms with van der Waals surface area (Å²) in [6.07, 6.45) is 2.96.